The fraction of sp³-hybridized carbons (Fsp3) is 0.421. The largest absolute Gasteiger partial charge is 0.497 e. The Labute approximate surface area is 147 Å². The van der Waals surface area contributed by atoms with Crippen molar-refractivity contribution in [3.8, 4) is 11.5 Å². The zero-order valence-corrected chi connectivity index (χ0v) is 14.7. The average Bonchev–Trinajstić information content (AvgIpc) is 3.08. The van der Waals surface area contributed by atoms with Crippen molar-refractivity contribution < 1.29 is 23.4 Å². The minimum Gasteiger partial charge on any atom is -0.497 e. The molecule has 1 saturated heterocycles. The second-order valence-corrected chi connectivity index (χ2v) is 6.20. The van der Waals surface area contributed by atoms with Crippen LogP contribution in [0.2, 0.25) is 0 Å². The number of furan rings is 1. The van der Waals surface area contributed by atoms with Gasteiger partial charge in [0, 0.05) is 13.1 Å². The van der Waals surface area contributed by atoms with E-state index < -0.39 is 0 Å². The first kappa shape index (κ1) is 17.4. The highest BCUT2D eigenvalue weighted by atomic mass is 16.5. The molecule has 0 N–H and O–H groups in total. The lowest BCUT2D eigenvalue weighted by atomic mass is 10.2. The highest BCUT2D eigenvalue weighted by molar-refractivity contribution is 5.91. The Morgan fingerprint density at radius 2 is 1.72 bits per heavy atom. The summed E-state index contributed by atoms with van der Waals surface area (Å²) in [5, 5.41) is 0. The molecule has 1 amide bonds. The SMILES string of the molecule is COc1ccc(OCc2ccc(C(=O)N3C[C@@H](C)O[C@H](C)C3)o2)cc1. The van der Waals surface area contributed by atoms with Crippen molar-refractivity contribution in [2.45, 2.75) is 32.7 Å². The van der Waals surface area contributed by atoms with Gasteiger partial charge in [0.25, 0.3) is 5.91 Å². The number of methoxy groups -OCH3 is 1. The van der Waals surface area contributed by atoms with E-state index in [2.05, 4.69) is 0 Å². The van der Waals surface area contributed by atoms with Crippen LogP contribution in [0, 0.1) is 0 Å². The summed E-state index contributed by atoms with van der Waals surface area (Å²) >= 11 is 0. The van der Waals surface area contributed by atoms with E-state index in [0.717, 1.165) is 5.75 Å². The highest BCUT2D eigenvalue weighted by Crippen LogP contribution is 2.20. The summed E-state index contributed by atoms with van der Waals surface area (Å²) in [5.41, 5.74) is 0. The number of morpholine rings is 1. The number of nitrogens with zero attached hydrogens (tertiary/aromatic N) is 1. The Hall–Kier alpha value is -2.47. The van der Waals surface area contributed by atoms with Crippen LogP contribution in [0.25, 0.3) is 0 Å². The van der Waals surface area contributed by atoms with E-state index in [0.29, 0.717) is 30.4 Å². The maximum atomic E-state index is 12.6. The number of carbonyl (C=O) groups excluding carboxylic acids is 1. The average molecular weight is 345 g/mol. The van der Waals surface area contributed by atoms with Crippen LogP contribution in [0.4, 0.5) is 0 Å². The van der Waals surface area contributed by atoms with Gasteiger partial charge in [-0.3, -0.25) is 4.79 Å². The molecule has 0 aliphatic carbocycles. The maximum Gasteiger partial charge on any atom is 0.289 e. The fourth-order valence-electron chi connectivity index (χ4n) is 2.90. The Kier molecular flexibility index (Phi) is 5.28. The predicted molar refractivity (Wildman–Crippen MR) is 91.9 cm³/mol. The molecule has 0 saturated carbocycles. The smallest absolute Gasteiger partial charge is 0.289 e. The molecule has 0 spiro atoms. The molecule has 1 aliphatic rings. The van der Waals surface area contributed by atoms with Crippen molar-refractivity contribution in [3.05, 3.63) is 47.9 Å². The molecule has 2 atom stereocenters. The standard InChI is InChI=1S/C19H23NO5/c1-13-10-20(11-14(2)24-13)19(21)18-9-8-17(25-18)12-23-16-6-4-15(22-3)5-7-16/h4-9,13-14H,10-12H2,1-3H3/t13-,14-/m1/s1. The normalized spacial score (nSPS) is 20.4. The summed E-state index contributed by atoms with van der Waals surface area (Å²) in [7, 11) is 1.62. The molecule has 0 radical (unpaired) electrons. The first-order valence-electron chi connectivity index (χ1n) is 8.35. The van der Waals surface area contributed by atoms with Gasteiger partial charge in [0.2, 0.25) is 0 Å². The molecule has 134 valence electrons. The lowest BCUT2D eigenvalue weighted by molar-refractivity contribution is -0.0592. The van der Waals surface area contributed by atoms with Crippen molar-refractivity contribution in [1.29, 1.82) is 0 Å². The highest BCUT2D eigenvalue weighted by Gasteiger charge is 2.28. The molecular formula is C19H23NO5. The second kappa shape index (κ2) is 7.61. The fourth-order valence-corrected chi connectivity index (χ4v) is 2.90. The third-order valence-corrected chi connectivity index (χ3v) is 4.02. The van der Waals surface area contributed by atoms with E-state index in [9.17, 15) is 4.79 Å². The lowest BCUT2D eigenvalue weighted by Gasteiger charge is -2.34. The van der Waals surface area contributed by atoms with Crippen molar-refractivity contribution in [2.75, 3.05) is 20.2 Å². The van der Waals surface area contributed by atoms with Gasteiger partial charge in [-0.05, 0) is 50.2 Å². The van der Waals surface area contributed by atoms with Crippen molar-refractivity contribution in [3.63, 3.8) is 0 Å². The number of carbonyl (C=O) groups is 1. The molecule has 2 aromatic rings. The molecule has 3 rings (SSSR count). The summed E-state index contributed by atoms with van der Waals surface area (Å²) in [4.78, 5) is 14.3. The Balaban J connectivity index is 1.58. The zero-order valence-electron chi connectivity index (χ0n) is 14.7. The molecule has 1 aromatic carbocycles. The lowest BCUT2D eigenvalue weighted by Crippen LogP contribution is -2.48. The third kappa shape index (κ3) is 4.33. The number of hydrogen-bond donors (Lipinski definition) is 0. The maximum absolute atomic E-state index is 12.6. The molecule has 1 fully saturated rings. The summed E-state index contributed by atoms with van der Waals surface area (Å²) in [6, 6.07) is 10.8. The van der Waals surface area contributed by atoms with Crippen LogP contribution < -0.4 is 9.47 Å². The van der Waals surface area contributed by atoms with E-state index in [1.807, 2.05) is 38.1 Å². The van der Waals surface area contributed by atoms with Gasteiger partial charge in [-0.15, -0.1) is 0 Å². The molecule has 1 aromatic heterocycles. The molecule has 0 bridgehead atoms. The van der Waals surface area contributed by atoms with Crippen LogP contribution in [0.3, 0.4) is 0 Å². The van der Waals surface area contributed by atoms with Crippen LogP contribution in [0.5, 0.6) is 11.5 Å². The number of benzene rings is 1. The summed E-state index contributed by atoms with van der Waals surface area (Å²) in [6.45, 7) is 5.33. The topological polar surface area (TPSA) is 61.1 Å². The first-order valence-corrected chi connectivity index (χ1v) is 8.35. The first-order chi connectivity index (χ1) is 12.0. The van der Waals surface area contributed by atoms with E-state index >= 15 is 0 Å². The number of hydrogen-bond acceptors (Lipinski definition) is 5. The van der Waals surface area contributed by atoms with Crippen molar-refractivity contribution in [2.24, 2.45) is 0 Å². The van der Waals surface area contributed by atoms with Crippen LogP contribution in [-0.2, 0) is 11.3 Å². The van der Waals surface area contributed by atoms with Gasteiger partial charge >= 0.3 is 0 Å². The van der Waals surface area contributed by atoms with Gasteiger partial charge < -0.3 is 23.5 Å². The van der Waals surface area contributed by atoms with Gasteiger partial charge in [-0.1, -0.05) is 0 Å². The van der Waals surface area contributed by atoms with Crippen LogP contribution in [0.1, 0.15) is 30.2 Å². The van der Waals surface area contributed by atoms with E-state index in [-0.39, 0.29) is 24.7 Å². The van der Waals surface area contributed by atoms with Crippen molar-refractivity contribution in [1.82, 2.24) is 4.90 Å². The molecule has 6 nitrogen and oxygen atoms in total. The van der Waals surface area contributed by atoms with E-state index in [1.165, 1.54) is 0 Å². The van der Waals surface area contributed by atoms with E-state index in [1.54, 1.807) is 24.1 Å². The number of amides is 1. The number of rotatable bonds is 5. The summed E-state index contributed by atoms with van der Waals surface area (Å²) < 4.78 is 22.1. The monoisotopic (exact) mass is 345 g/mol. The van der Waals surface area contributed by atoms with Crippen LogP contribution >= 0.6 is 0 Å². The predicted octanol–water partition coefficient (Wildman–Crippen LogP) is 3.12. The number of ether oxygens (including phenoxy) is 3. The summed E-state index contributed by atoms with van der Waals surface area (Å²) in [5.74, 6) is 2.30. The molecule has 0 unspecified atom stereocenters. The minimum atomic E-state index is -0.113. The van der Waals surface area contributed by atoms with Crippen LogP contribution in [0.15, 0.2) is 40.8 Å². The van der Waals surface area contributed by atoms with Crippen LogP contribution in [-0.4, -0.2) is 43.2 Å². The molecule has 2 heterocycles. The van der Waals surface area contributed by atoms with Gasteiger partial charge in [-0.25, -0.2) is 0 Å². The summed E-state index contributed by atoms with van der Waals surface area (Å²) in [6.07, 6.45) is 0.0566. The van der Waals surface area contributed by atoms with Crippen molar-refractivity contribution >= 4 is 5.91 Å². The molecule has 1 aliphatic heterocycles. The Morgan fingerprint density at radius 1 is 1.08 bits per heavy atom. The molecule has 25 heavy (non-hydrogen) atoms. The Bertz CT molecular complexity index is 699. The van der Waals surface area contributed by atoms with E-state index in [4.69, 9.17) is 18.6 Å². The quantitative estimate of drug-likeness (QED) is 0.833. The molecular weight excluding hydrogens is 322 g/mol. The second-order valence-electron chi connectivity index (χ2n) is 6.20. The zero-order chi connectivity index (χ0) is 17.8. The van der Waals surface area contributed by atoms with Gasteiger partial charge in [-0.2, -0.15) is 0 Å². The van der Waals surface area contributed by atoms with Gasteiger partial charge in [0.15, 0.2) is 5.76 Å². The Morgan fingerprint density at radius 3 is 2.36 bits per heavy atom. The van der Waals surface area contributed by atoms with Gasteiger partial charge in [0.1, 0.15) is 23.9 Å². The third-order valence-electron chi connectivity index (χ3n) is 4.02. The minimum absolute atomic E-state index is 0.0283. The molecule has 6 heteroatoms. The van der Waals surface area contributed by atoms with Gasteiger partial charge in [0.05, 0.1) is 19.3 Å².